The summed E-state index contributed by atoms with van der Waals surface area (Å²) in [6, 6.07) is 39.3. The molecule has 0 spiro atoms. The SMILES string of the molecule is Cc1ccc(Oc2cccc3c2-c2nc-3nc3[nH]c(nc4nc(nc5[nH]c(n2)c2cccc(Oc6ccc(C)[n+](C)c6)c52)-c2cccc(Oc5ccc(C)[n+](C)c5)c2-4)c2cccc(Oc4ccc(C)[n+](C)c4)c32)c[n+]1C. The van der Waals surface area contributed by atoms with Crippen molar-refractivity contribution in [3.63, 3.8) is 0 Å². The first-order valence-electron chi connectivity index (χ1n) is 24.8. The van der Waals surface area contributed by atoms with E-state index in [0.29, 0.717) is 125 Å². The molecule has 11 aromatic rings. The molecule has 0 aliphatic carbocycles. The Hall–Kier alpha value is -9.96. The zero-order valence-corrected chi connectivity index (χ0v) is 43.0. The highest BCUT2D eigenvalue weighted by Crippen LogP contribution is 2.46. The van der Waals surface area contributed by atoms with E-state index >= 15 is 0 Å². The Bertz CT molecular complexity index is 4150. The van der Waals surface area contributed by atoms with E-state index in [9.17, 15) is 0 Å². The van der Waals surface area contributed by atoms with Crippen molar-refractivity contribution in [3.05, 3.63) is 169 Å². The van der Waals surface area contributed by atoms with E-state index in [1.165, 1.54) is 0 Å². The van der Waals surface area contributed by atoms with Crippen LogP contribution in [0.15, 0.2) is 146 Å². The Morgan fingerprint density at radius 3 is 1.00 bits per heavy atom. The van der Waals surface area contributed by atoms with Gasteiger partial charge in [-0.15, -0.1) is 0 Å². The van der Waals surface area contributed by atoms with Crippen LogP contribution in [0.1, 0.15) is 22.8 Å². The van der Waals surface area contributed by atoms with Crippen molar-refractivity contribution in [3.8, 4) is 91.5 Å². The van der Waals surface area contributed by atoms with Crippen LogP contribution >= 0.6 is 0 Å². The normalized spacial score (nSPS) is 11.7. The fourth-order valence-electron chi connectivity index (χ4n) is 9.57. The van der Waals surface area contributed by atoms with Gasteiger partial charge in [0.1, 0.15) is 73.8 Å². The first-order valence-corrected chi connectivity index (χ1v) is 24.8. The number of hydrogen-bond donors (Lipinski definition) is 2. The molecule has 7 aromatic heterocycles. The number of fused-ring (bicyclic) bond motifs is 20. The minimum Gasteiger partial charge on any atom is -0.450 e. The second-order valence-electron chi connectivity index (χ2n) is 19.2. The zero-order valence-electron chi connectivity index (χ0n) is 43.0. The van der Waals surface area contributed by atoms with E-state index in [1.807, 2.05) is 220 Å². The summed E-state index contributed by atoms with van der Waals surface area (Å²) in [5, 5.41) is 2.83. The Morgan fingerprint density at radius 1 is 0.329 bits per heavy atom. The van der Waals surface area contributed by atoms with Crippen LogP contribution in [-0.4, -0.2) is 39.9 Å². The molecule has 13 rings (SSSR count). The summed E-state index contributed by atoms with van der Waals surface area (Å²) < 4.78 is 35.1. The average molecular weight is 1000 g/mol. The van der Waals surface area contributed by atoms with Crippen molar-refractivity contribution >= 4 is 44.1 Å². The van der Waals surface area contributed by atoms with E-state index in [2.05, 4.69) is 9.97 Å². The molecule has 0 atom stereocenters. The van der Waals surface area contributed by atoms with E-state index in [-0.39, 0.29) is 0 Å². The van der Waals surface area contributed by atoms with Crippen molar-refractivity contribution in [2.45, 2.75) is 27.7 Å². The summed E-state index contributed by atoms with van der Waals surface area (Å²) in [5.74, 6) is 6.32. The lowest BCUT2D eigenvalue weighted by molar-refractivity contribution is -0.678. The number of benzene rings is 4. The van der Waals surface area contributed by atoms with Crippen LogP contribution in [0.5, 0.6) is 46.0 Å². The average Bonchev–Trinajstić information content (AvgIpc) is 4.19. The van der Waals surface area contributed by atoms with Gasteiger partial charge in [-0.1, -0.05) is 48.5 Å². The lowest BCUT2D eigenvalue weighted by atomic mass is 10.1. The van der Waals surface area contributed by atoms with Crippen LogP contribution in [0, 0.1) is 27.7 Å². The maximum atomic E-state index is 6.75. The molecule has 16 heteroatoms. The number of aryl methyl sites for hydroxylation is 8. The summed E-state index contributed by atoms with van der Waals surface area (Å²) in [6.07, 6.45) is 7.80. The molecule has 4 aromatic carbocycles. The second-order valence-corrected chi connectivity index (χ2v) is 19.2. The van der Waals surface area contributed by atoms with Gasteiger partial charge in [0.15, 0.2) is 69.1 Å². The summed E-state index contributed by atoms with van der Waals surface area (Å²) in [4.78, 5) is 39.3. The summed E-state index contributed by atoms with van der Waals surface area (Å²) in [7, 11) is 7.95. The van der Waals surface area contributed by atoms with Crippen molar-refractivity contribution in [1.82, 2.24) is 39.9 Å². The van der Waals surface area contributed by atoms with Crippen molar-refractivity contribution < 1.29 is 37.2 Å². The van der Waals surface area contributed by atoms with Crippen LogP contribution in [-0.2, 0) is 28.2 Å². The van der Waals surface area contributed by atoms with Gasteiger partial charge in [-0.05, 0) is 48.5 Å². The smallest absolute Gasteiger partial charge is 0.211 e. The highest BCUT2D eigenvalue weighted by molar-refractivity contribution is 6.10. The third-order valence-electron chi connectivity index (χ3n) is 14.2. The molecule has 76 heavy (non-hydrogen) atoms. The quantitative estimate of drug-likeness (QED) is 0.140. The van der Waals surface area contributed by atoms with Gasteiger partial charge in [0.2, 0.25) is 24.8 Å². The minimum absolute atomic E-state index is 0.370. The molecule has 2 N–H and O–H groups in total. The van der Waals surface area contributed by atoms with Crippen LogP contribution in [0.2, 0.25) is 0 Å². The first kappa shape index (κ1) is 45.9. The fourth-order valence-corrected chi connectivity index (χ4v) is 9.57. The van der Waals surface area contributed by atoms with E-state index in [4.69, 9.17) is 48.9 Å². The molecule has 0 fully saturated rings. The number of rotatable bonds is 8. The molecule has 2 aliphatic rings. The molecule has 9 heterocycles. The Labute approximate surface area is 435 Å². The predicted molar refractivity (Wildman–Crippen MR) is 286 cm³/mol. The molecule has 0 amide bonds. The van der Waals surface area contributed by atoms with E-state index < -0.39 is 0 Å². The fraction of sp³-hybridized carbons (Fsp3) is 0.133. The number of ether oxygens (including phenoxy) is 4. The predicted octanol–water partition coefficient (Wildman–Crippen LogP) is 10.6. The van der Waals surface area contributed by atoms with E-state index in [0.717, 1.165) is 33.5 Å². The van der Waals surface area contributed by atoms with Gasteiger partial charge in [0.05, 0.1) is 21.9 Å². The molecular formula is C60H50N12O4+4. The Balaban J connectivity index is 1.13. The number of H-pyrrole nitrogens is 2. The second kappa shape index (κ2) is 17.9. The number of hydrogen-bond acceptors (Lipinski definition) is 10. The summed E-state index contributed by atoms with van der Waals surface area (Å²) >= 11 is 0. The van der Waals surface area contributed by atoms with Gasteiger partial charge in [-0.2, -0.15) is 0 Å². The number of aromatic amines is 2. The van der Waals surface area contributed by atoms with Gasteiger partial charge in [-0.3, -0.25) is 0 Å². The highest BCUT2D eigenvalue weighted by Gasteiger charge is 2.29. The van der Waals surface area contributed by atoms with Crippen LogP contribution in [0.3, 0.4) is 0 Å². The molecule has 0 saturated heterocycles. The van der Waals surface area contributed by atoms with Crippen molar-refractivity contribution in [2.24, 2.45) is 28.2 Å². The maximum absolute atomic E-state index is 6.75. The number of aromatic nitrogens is 12. The number of nitrogens with zero attached hydrogens (tertiary/aromatic N) is 10. The molecule has 0 unspecified atom stereocenters. The van der Waals surface area contributed by atoms with Crippen molar-refractivity contribution in [1.29, 1.82) is 0 Å². The van der Waals surface area contributed by atoms with Gasteiger partial charge in [0, 0.05) is 73.9 Å². The van der Waals surface area contributed by atoms with Crippen molar-refractivity contribution in [2.75, 3.05) is 0 Å². The Kier molecular flexibility index (Phi) is 10.8. The Morgan fingerprint density at radius 2 is 0.645 bits per heavy atom. The van der Waals surface area contributed by atoms with Crippen LogP contribution in [0.4, 0.5) is 0 Å². The molecular weight excluding hydrogens is 953 g/mol. The summed E-state index contributed by atoms with van der Waals surface area (Å²) in [6.45, 7) is 8.18. The van der Waals surface area contributed by atoms with Gasteiger partial charge >= 0.3 is 0 Å². The third kappa shape index (κ3) is 8.03. The molecule has 370 valence electrons. The summed E-state index contributed by atoms with van der Waals surface area (Å²) in [5.41, 5.74) is 8.92. The largest absolute Gasteiger partial charge is 0.450 e. The van der Waals surface area contributed by atoms with Gasteiger partial charge in [-0.25, -0.2) is 48.2 Å². The lowest BCUT2D eigenvalue weighted by Crippen LogP contribution is -2.30. The van der Waals surface area contributed by atoms with E-state index in [1.54, 1.807) is 0 Å². The number of nitrogens with one attached hydrogen (secondary N) is 2. The van der Waals surface area contributed by atoms with Crippen LogP contribution in [0.25, 0.3) is 89.7 Å². The first-order chi connectivity index (χ1) is 36.9. The molecule has 2 aliphatic heterocycles. The lowest BCUT2D eigenvalue weighted by Gasteiger charge is -2.09. The van der Waals surface area contributed by atoms with Gasteiger partial charge < -0.3 is 28.9 Å². The standard InChI is InChI=1S/C60H50N12O4/c1-33-21-25-37(29-69(33)5)73-45-17-9-13-41-49(45)57-61-53(41)66-58-51-43(15-11-19-47(51)75-39-27-23-35(3)71(7)31-39)55(63-58)68-60-52-44(16-12-20-48(52)76-40-28-24-36(4)72(8)32-40)56(64-60)67-59-50-42(54(62-59)65-57)14-10-18-46(50)74-38-26-22-34(2)70(6)30-38/h9-32H,1-8H3,(H2,61,62,63,64,65,66,67,68)/q+4. The monoisotopic (exact) mass is 1000 g/mol. The van der Waals surface area contributed by atoms with Gasteiger partial charge in [0.25, 0.3) is 0 Å². The molecule has 8 bridgehead atoms. The molecule has 16 nitrogen and oxygen atoms in total. The molecule has 0 saturated carbocycles. The minimum atomic E-state index is 0.370. The number of pyridine rings is 4. The van der Waals surface area contributed by atoms with Crippen LogP contribution < -0.4 is 37.2 Å². The highest BCUT2D eigenvalue weighted by atomic mass is 16.5. The third-order valence-corrected chi connectivity index (χ3v) is 14.2. The molecule has 0 radical (unpaired) electrons. The zero-order chi connectivity index (χ0) is 51.9. The maximum Gasteiger partial charge on any atom is 0.211 e. The topological polar surface area (TPSA) is 161 Å².